The van der Waals surface area contributed by atoms with E-state index in [0.29, 0.717) is 6.07 Å². The number of carbonyl (C=O) groups excluding carboxylic acids is 1. The van der Waals surface area contributed by atoms with Crippen molar-refractivity contribution in [2.24, 2.45) is 0 Å². The van der Waals surface area contributed by atoms with Crippen LogP contribution < -0.4 is 10.2 Å². The van der Waals surface area contributed by atoms with E-state index in [0.717, 1.165) is 17.7 Å². The monoisotopic (exact) mass is 440 g/mol. The Balaban J connectivity index is 1.64. The average molecular weight is 440 g/mol. The number of nitrogens with one attached hydrogen (secondary N) is 1. The van der Waals surface area contributed by atoms with Gasteiger partial charge in [0.25, 0.3) is 5.69 Å². The van der Waals surface area contributed by atoms with Gasteiger partial charge in [0.2, 0.25) is 0 Å². The van der Waals surface area contributed by atoms with Crippen LogP contribution in [0.5, 0.6) is 0 Å². The lowest BCUT2D eigenvalue weighted by Gasteiger charge is -2.36. The highest BCUT2D eigenvalue weighted by Crippen LogP contribution is 2.36. The van der Waals surface area contributed by atoms with Crippen LogP contribution in [0.25, 0.3) is 0 Å². The molecular formula is C20H20F4N4O3. The zero-order valence-electron chi connectivity index (χ0n) is 16.5. The molecule has 2 aromatic rings. The van der Waals surface area contributed by atoms with Crippen molar-refractivity contribution in [1.82, 2.24) is 10.2 Å². The van der Waals surface area contributed by atoms with Gasteiger partial charge in [-0.3, -0.25) is 10.1 Å². The normalized spacial score (nSPS) is 15.5. The molecule has 1 atom stereocenters. The van der Waals surface area contributed by atoms with Crippen LogP contribution in [-0.4, -0.2) is 42.0 Å². The molecule has 166 valence electrons. The van der Waals surface area contributed by atoms with Gasteiger partial charge in [0.1, 0.15) is 11.5 Å². The van der Waals surface area contributed by atoms with E-state index in [4.69, 9.17) is 0 Å². The van der Waals surface area contributed by atoms with Gasteiger partial charge in [0.15, 0.2) is 0 Å². The molecule has 1 heterocycles. The number of nitro benzene ring substituents is 1. The third-order valence-electron chi connectivity index (χ3n) is 5.12. The van der Waals surface area contributed by atoms with E-state index in [1.165, 1.54) is 17.0 Å². The highest BCUT2D eigenvalue weighted by molar-refractivity contribution is 5.75. The smallest absolute Gasteiger partial charge is 0.362 e. The molecule has 1 aliphatic rings. The Hall–Kier alpha value is -3.37. The fraction of sp³-hybridized carbons (Fsp3) is 0.350. The summed E-state index contributed by atoms with van der Waals surface area (Å²) in [4.78, 5) is 26.1. The maximum absolute atomic E-state index is 13.0. The van der Waals surface area contributed by atoms with Crippen LogP contribution in [0.3, 0.4) is 0 Å². The summed E-state index contributed by atoms with van der Waals surface area (Å²) >= 11 is 0. The Bertz CT molecular complexity index is 958. The predicted octanol–water partition coefficient (Wildman–Crippen LogP) is 4.35. The summed E-state index contributed by atoms with van der Waals surface area (Å²) in [7, 11) is 0. The first-order valence-electron chi connectivity index (χ1n) is 9.48. The number of amides is 2. The number of carbonyl (C=O) groups is 1. The maximum Gasteiger partial charge on any atom is 0.416 e. The molecule has 2 aromatic carbocycles. The predicted molar refractivity (Wildman–Crippen MR) is 105 cm³/mol. The van der Waals surface area contributed by atoms with Gasteiger partial charge < -0.3 is 15.1 Å². The van der Waals surface area contributed by atoms with Crippen molar-refractivity contribution in [2.75, 3.05) is 31.1 Å². The highest BCUT2D eigenvalue weighted by atomic mass is 19.4. The lowest BCUT2D eigenvalue weighted by molar-refractivity contribution is -0.384. The Morgan fingerprint density at radius 2 is 1.71 bits per heavy atom. The third kappa shape index (κ3) is 5.22. The minimum absolute atomic E-state index is 0.0812. The van der Waals surface area contributed by atoms with Gasteiger partial charge in [0, 0.05) is 32.2 Å². The topological polar surface area (TPSA) is 78.7 Å². The Labute approximate surface area is 175 Å². The number of hydrogen-bond donors (Lipinski definition) is 1. The summed E-state index contributed by atoms with van der Waals surface area (Å²) in [5, 5.41) is 14.1. The van der Waals surface area contributed by atoms with Crippen LogP contribution >= 0.6 is 0 Å². The first-order valence-corrected chi connectivity index (χ1v) is 9.48. The van der Waals surface area contributed by atoms with E-state index in [2.05, 4.69) is 5.32 Å². The molecule has 0 spiro atoms. The molecule has 0 saturated carbocycles. The molecule has 1 fully saturated rings. The summed E-state index contributed by atoms with van der Waals surface area (Å²) in [6.07, 6.45) is -4.68. The Morgan fingerprint density at radius 1 is 1.10 bits per heavy atom. The number of nitrogens with zero attached hydrogens (tertiary/aromatic N) is 3. The number of rotatable bonds is 4. The lowest BCUT2D eigenvalue weighted by atomic mass is 10.1. The van der Waals surface area contributed by atoms with Crippen molar-refractivity contribution in [3.8, 4) is 0 Å². The molecule has 31 heavy (non-hydrogen) atoms. The van der Waals surface area contributed by atoms with E-state index < -0.39 is 22.4 Å². The fourth-order valence-electron chi connectivity index (χ4n) is 3.38. The van der Waals surface area contributed by atoms with Gasteiger partial charge in [-0.1, -0.05) is 12.1 Å². The summed E-state index contributed by atoms with van der Waals surface area (Å²) in [5.74, 6) is -0.379. The second-order valence-electron chi connectivity index (χ2n) is 7.16. The van der Waals surface area contributed by atoms with Gasteiger partial charge in [-0.05, 0) is 36.8 Å². The molecule has 11 heteroatoms. The van der Waals surface area contributed by atoms with Crippen LogP contribution in [0.4, 0.5) is 33.7 Å². The quantitative estimate of drug-likeness (QED) is 0.436. The SMILES string of the molecule is CC(NC(=O)N1CCN(c2ccc(C(F)(F)F)cc2[N+](=O)[O-])CC1)c1ccc(F)cc1. The molecule has 1 unspecified atom stereocenters. The van der Waals surface area contributed by atoms with Crippen LogP contribution in [-0.2, 0) is 6.18 Å². The standard InChI is InChI=1S/C20H20F4N4O3/c1-13(14-2-5-16(21)6-3-14)25-19(29)27-10-8-26(9-11-27)17-7-4-15(20(22,23)24)12-18(17)28(30)31/h2-7,12-13H,8-11H2,1H3,(H,25,29). The number of hydrogen-bond acceptors (Lipinski definition) is 4. The molecule has 0 bridgehead atoms. The Kier molecular flexibility index (Phi) is 6.32. The largest absolute Gasteiger partial charge is 0.416 e. The molecule has 2 amide bonds. The number of anilines is 1. The molecule has 0 aromatic heterocycles. The summed E-state index contributed by atoms with van der Waals surface area (Å²) in [5.41, 5.74) is -0.903. The molecule has 1 N–H and O–H groups in total. The first kappa shape index (κ1) is 22.3. The zero-order valence-corrected chi connectivity index (χ0v) is 16.5. The molecule has 7 nitrogen and oxygen atoms in total. The molecule has 3 rings (SSSR count). The third-order valence-corrected chi connectivity index (χ3v) is 5.12. The minimum Gasteiger partial charge on any atom is -0.362 e. The number of halogens is 4. The molecule has 0 aliphatic carbocycles. The molecule has 1 aliphatic heterocycles. The van der Waals surface area contributed by atoms with Crippen LogP contribution in [0, 0.1) is 15.9 Å². The van der Waals surface area contributed by atoms with E-state index in [-0.39, 0.29) is 49.8 Å². The van der Waals surface area contributed by atoms with Gasteiger partial charge in [0.05, 0.1) is 16.5 Å². The first-order chi connectivity index (χ1) is 14.6. The maximum atomic E-state index is 13.0. The highest BCUT2D eigenvalue weighted by Gasteiger charge is 2.34. The van der Waals surface area contributed by atoms with Crippen molar-refractivity contribution in [3.63, 3.8) is 0 Å². The summed E-state index contributed by atoms with van der Waals surface area (Å²) in [6.45, 7) is 2.68. The van der Waals surface area contributed by atoms with E-state index in [9.17, 15) is 32.5 Å². The number of urea groups is 1. The molecule has 1 saturated heterocycles. The average Bonchev–Trinajstić information content (AvgIpc) is 2.73. The minimum atomic E-state index is -4.68. The van der Waals surface area contributed by atoms with Gasteiger partial charge >= 0.3 is 12.2 Å². The lowest BCUT2D eigenvalue weighted by Crippen LogP contribution is -2.52. The Morgan fingerprint density at radius 3 is 2.26 bits per heavy atom. The van der Waals surface area contributed by atoms with Crippen molar-refractivity contribution in [2.45, 2.75) is 19.1 Å². The van der Waals surface area contributed by atoms with Gasteiger partial charge in [-0.2, -0.15) is 13.2 Å². The van der Waals surface area contributed by atoms with Crippen molar-refractivity contribution >= 4 is 17.4 Å². The van der Waals surface area contributed by atoms with Crippen molar-refractivity contribution in [3.05, 3.63) is 69.5 Å². The van der Waals surface area contributed by atoms with Crippen LogP contribution in [0.2, 0.25) is 0 Å². The molecule has 0 radical (unpaired) electrons. The second kappa shape index (κ2) is 8.78. The summed E-state index contributed by atoms with van der Waals surface area (Å²) in [6, 6.07) is 7.46. The molecular weight excluding hydrogens is 420 g/mol. The number of benzene rings is 2. The summed E-state index contributed by atoms with van der Waals surface area (Å²) < 4.78 is 51.7. The van der Waals surface area contributed by atoms with Gasteiger partial charge in [-0.25, -0.2) is 9.18 Å². The number of piperazine rings is 1. The van der Waals surface area contributed by atoms with E-state index in [1.54, 1.807) is 24.0 Å². The number of nitro groups is 1. The van der Waals surface area contributed by atoms with Crippen LogP contribution in [0.15, 0.2) is 42.5 Å². The van der Waals surface area contributed by atoms with E-state index in [1.807, 2.05) is 0 Å². The number of alkyl halides is 3. The van der Waals surface area contributed by atoms with Crippen molar-refractivity contribution in [1.29, 1.82) is 0 Å². The second-order valence-corrected chi connectivity index (χ2v) is 7.16. The van der Waals surface area contributed by atoms with Crippen LogP contribution in [0.1, 0.15) is 24.1 Å². The van der Waals surface area contributed by atoms with E-state index >= 15 is 0 Å². The van der Waals surface area contributed by atoms with Gasteiger partial charge in [-0.15, -0.1) is 0 Å². The van der Waals surface area contributed by atoms with Crippen molar-refractivity contribution < 1.29 is 27.3 Å². The zero-order chi connectivity index (χ0) is 22.8. The fourth-order valence-corrected chi connectivity index (χ4v) is 3.38.